The molecule has 7 heteroatoms. The minimum absolute atomic E-state index is 0.0253. The number of nitrogens with one attached hydrogen (secondary N) is 3. The molecular formula is C20H22IN3O3. The monoisotopic (exact) mass is 479 g/mol. The molecule has 0 aromatic heterocycles. The van der Waals surface area contributed by atoms with Crippen molar-refractivity contribution < 1.29 is 14.4 Å². The van der Waals surface area contributed by atoms with Crippen LogP contribution in [0.15, 0.2) is 36.4 Å². The van der Waals surface area contributed by atoms with E-state index in [0.717, 1.165) is 25.9 Å². The number of rotatable bonds is 5. The number of anilines is 1. The molecule has 2 rings (SSSR count). The fraction of sp³-hybridized carbons (Fsp3) is 0.250. The van der Waals surface area contributed by atoms with Gasteiger partial charge in [-0.05, 0) is 78.3 Å². The predicted molar refractivity (Wildman–Crippen MR) is 113 cm³/mol. The molecule has 0 unspecified atom stereocenters. The Morgan fingerprint density at radius 2 is 1.52 bits per heavy atom. The first-order chi connectivity index (χ1) is 12.8. The Balaban J connectivity index is 1.78. The number of amides is 3. The summed E-state index contributed by atoms with van der Waals surface area (Å²) in [6, 6.07) is 11.1. The third-order valence-corrected chi connectivity index (χ3v) is 5.16. The SMILES string of the molecule is Cc1ccc(C)c(NC(=O)CCC(=O)NNC(=O)c2ccc(C)c(I)c2)c1. The molecule has 6 nitrogen and oxygen atoms in total. The van der Waals surface area contributed by atoms with Gasteiger partial charge < -0.3 is 5.32 Å². The minimum atomic E-state index is -0.429. The summed E-state index contributed by atoms with van der Waals surface area (Å²) >= 11 is 2.15. The Kier molecular flexibility index (Phi) is 7.35. The van der Waals surface area contributed by atoms with Crippen molar-refractivity contribution in [2.75, 3.05) is 5.32 Å². The average Bonchev–Trinajstić information content (AvgIpc) is 2.63. The highest BCUT2D eigenvalue weighted by Gasteiger charge is 2.11. The van der Waals surface area contributed by atoms with Crippen LogP contribution in [-0.4, -0.2) is 17.7 Å². The van der Waals surface area contributed by atoms with Gasteiger partial charge in [-0.15, -0.1) is 0 Å². The van der Waals surface area contributed by atoms with Gasteiger partial charge in [0.25, 0.3) is 5.91 Å². The summed E-state index contributed by atoms with van der Waals surface area (Å²) in [5.74, 6) is -1.08. The number of benzene rings is 2. The predicted octanol–water partition coefficient (Wildman–Crippen LogP) is 3.40. The Labute approximate surface area is 172 Å². The molecule has 3 N–H and O–H groups in total. The van der Waals surface area contributed by atoms with E-state index in [4.69, 9.17) is 0 Å². The summed E-state index contributed by atoms with van der Waals surface area (Å²) in [5.41, 5.74) is 8.97. The number of hydrogen-bond donors (Lipinski definition) is 3. The van der Waals surface area contributed by atoms with Crippen LogP contribution in [0.1, 0.15) is 39.9 Å². The van der Waals surface area contributed by atoms with Crippen LogP contribution < -0.4 is 16.2 Å². The maximum atomic E-state index is 12.1. The largest absolute Gasteiger partial charge is 0.326 e. The van der Waals surface area contributed by atoms with E-state index in [9.17, 15) is 14.4 Å². The van der Waals surface area contributed by atoms with E-state index >= 15 is 0 Å². The topological polar surface area (TPSA) is 87.3 Å². The summed E-state index contributed by atoms with van der Waals surface area (Å²) in [7, 11) is 0. The van der Waals surface area contributed by atoms with Crippen LogP contribution in [0.25, 0.3) is 0 Å². The molecule has 0 heterocycles. The zero-order chi connectivity index (χ0) is 20.0. The van der Waals surface area contributed by atoms with Crippen LogP contribution in [0.5, 0.6) is 0 Å². The lowest BCUT2D eigenvalue weighted by Crippen LogP contribution is -2.41. The van der Waals surface area contributed by atoms with Crippen molar-refractivity contribution in [1.29, 1.82) is 0 Å². The zero-order valence-electron chi connectivity index (χ0n) is 15.5. The Hall–Kier alpha value is -2.42. The van der Waals surface area contributed by atoms with E-state index in [2.05, 4.69) is 38.8 Å². The van der Waals surface area contributed by atoms with Crippen LogP contribution >= 0.6 is 22.6 Å². The van der Waals surface area contributed by atoms with Gasteiger partial charge in [0.2, 0.25) is 11.8 Å². The van der Waals surface area contributed by atoms with E-state index < -0.39 is 11.8 Å². The van der Waals surface area contributed by atoms with Gasteiger partial charge in [0, 0.05) is 27.7 Å². The lowest BCUT2D eigenvalue weighted by atomic mass is 10.1. The number of carbonyl (C=O) groups is 3. The molecule has 142 valence electrons. The van der Waals surface area contributed by atoms with Crippen molar-refractivity contribution in [3.63, 3.8) is 0 Å². The van der Waals surface area contributed by atoms with Crippen LogP contribution in [0.3, 0.4) is 0 Å². The third kappa shape index (κ3) is 6.35. The third-order valence-electron chi connectivity index (χ3n) is 4.00. The van der Waals surface area contributed by atoms with E-state index in [1.54, 1.807) is 12.1 Å². The number of hydrazine groups is 1. The minimum Gasteiger partial charge on any atom is -0.326 e. The molecular weight excluding hydrogens is 457 g/mol. The van der Waals surface area contributed by atoms with Crippen LogP contribution in [0.4, 0.5) is 5.69 Å². The molecule has 0 saturated heterocycles. The zero-order valence-corrected chi connectivity index (χ0v) is 17.6. The first-order valence-electron chi connectivity index (χ1n) is 8.48. The summed E-state index contributed by atoms with van der Waals surface area (Å²) in [6.45, 7) is 5.80. The normalized spacial score (nSPS) is 10.2. The summed E-state index contributed by atoms with van der Waals surface area (Å²) in [5, 5.41) is 2.80. The van der Waals surface area contributed by atoms with Gasteiger partial charge in [-0.3, -0.25) is 25.2 Å². The van der Waals surface area contributed by atoms with Gasteiger partial charge in [0.15, 0.2) is 0 Å². The van der Waals surface area contributed by atoms with E-state index in [0.29, 0.717) is 5.56 Å². The quantitative estimate of drug-likeness (QED) is 0.454. The second-order valence-electron chi connectivity index (χ2n) is 6.33. The lowest BCUT2D eigenvalue weighted by Gasteiger charge is -2.10. The van der Waals surface area contributed by atoms with Crippen molar-refractivity contribution in [2.45, 2.75) is 33.6 Å². The van der Waals surface area contributed by atoms with E-state index in [1.807, 2.05) is 45.0 Å². The fourth-order valence-corrected chi connectivity index (χ4v) is 2.82. The fourth-order valence-electron chi connectivity index (χ4n) is 2.31. The summed E-state index contributed by atoms with van der Waals surface area (Å²) in [4.78, 5) is 36.0. The van der Waals surface area contributed by atoms with Gasteiger partial charge in [-0.2, -0.15) is 0 Å². The smallest absolute Gasteiger partial charge is 0.269 e. The maximum absolute atomic E-state index is 12.1. The molecule has 0 aliphatic heterocycles. The Bertz CT molecular complexity index is 881. The van der Waals surface area contributed by atoms with E-state index in [1.165, 1.54) is 0 Å². The maximum Gasteiger partial charge on any atom is 0.269 e. The van der Waals surface area contributed by atoms with Crippen molar-refractivity contribution in [1.82, 2.24) is 10.9 Å². The highest BCUT2D eigenvalue weighted by atomic mass is 127. The average molecular weight is 479 g/mol. The second kappa shape index (κ2) is 9.50. The number of halogens is 1. The molecule has 3 amide bonds. The van der Waals surface area contributed by atoms with Crippen molar-refractivity contribution in [2.24, 2.45) is 0 Å². The second-order valence-corrected chi connectivity index (χ2v) is 7.50. The lowest BCUT2D eigenvalue weighted by molar-refractivity contribution is -0.124. The molecule has 0 spiro atoms. The molecule has 0 radical (unpaired) electrons. The first-order valence-corrected chi connectivity index (χ1v) is 9.56. The Morgan fingerprint density at radius 3 is 2.22 bits per heavy atom. The highest BCUT2D eigenvalue weighted by Crippen LogP contribution is 2.16. The van der Waals surface area contributed by atoms with E-state index in [-0.39, 0.29) is 18.7 Å². The molecule has 2 aromatic carbocycles. The molecule has 2 aromatic rings. The van der Waals surface area contributed by atoms with Gasteiger partial charge in [0.05, 0.1) is 0 Å². The highest BCUT2D eigenvalue weighted by molar-refractivity contribution is 14.1. The van der Waals surface area contributed by atoms with Crippen LogP contribution in [0, 0.1) is 24.3 Å². The van der Waals surface area contributed by atoms with Crippen molar-refractivity contribution in [3.8, 4) is 0 Å². The number of hydrogen-bond acceptors (Lipinski definition) is 3. The first kappa shape index (κ1) is 20.9. The van der Waals surface area contributed by atoms with Crippen LogP contribution in [-0.2, 0) is 9.59 Å². The molecule has 27 heavy (non-hydrogen) atoms. The van der Waals surface area contributed by atoms with Gasteiger partial charge in [-0.25, -0.2) is 0 Å². The van der Waals surface area contributed by atoms with Gasteiger partial charge in [-0.1, -0.05) is 18.2 Å². The van der Waals surface area contributed by atoms with Gasteiger partial charge in [0.1, 0.15) is 0 Å². The van der Waals surface area contributed by atoms with Crippen molar-refractivity contribution in [3.05, 3.63) is 62.2 Å². The molecule has 0 aliphatic rings. The number of carbonyl (C=O) groups excluding carboxylic acids is 3. The molecule has 0 saturated carbocycles. The number of aryl methyl sites for hydroxylation is 3. The molecule has 0 atom stereocenters. The summed E-state index contributed by atoms with van der Waals surface area (Å²) < 4.78 is 0.967. The standard InChI is InChI=1S/C20H22IN3O3/c1-12-4-5-14(3)17(10-12)22-18(25)8-9-19(26)23-24-20(27)15-7-6-13(2)16(21)11-15/h4-7,10-11H,8-9H2,1-3H3,(H,22,25)(H,23,26)(H,24,27). The van der Waals surface area contributed by atoms with Crippen LogP contribution in [0.2, 0.25) is 0 Å². The Morgan fingerprint density at radius 1 is 0.852 bits per heavy atom. The van der Waals surface area contributed by atoms with Gasteiger partial charge >= 0.3 is 0 Å². The summed E-state index contributed by atoms with van der Waals surface area (Å²) in [6.07, 6.45) is -0.0000745. The molecule has 0 aliphatic carbocycles. The molecule has 0 bridgehead atoms. The molecule has 0 fully saturated rings. The van der Waals surface area contributed by atoms with Crippen molar-refractivity contribution >= 4 is 46.0 Å².